The van der Waals surface area contributed by atoms with Gasteiger partial charge in [0, 0.05) is 25.7 Å². The molecule has 0 amide bonds. The SMILES string of the molecule is CN(C)c1ccc(S(=O)(=O)NCC(=O)OCc2ncc(-c3ccccc3)o2)cc1[N+](=O)[O-]. The summed E-state index contributed by atoms with van der Waals surface area (Å²) in [6.45, 7) is -0.950. The molecule has 32 heavy (non-hydrogen) atoms. The molecule has 1 N–H and O–H groups in total. The van der Waals surface area contributed by atoms with E-state index in [2.05, 4.69) is 9.71 Å². The number of sulfonamides is 1. The summed E-state index contributed by atoms with van der Waals surface area (Å²) >= 11 is 0. The van der Waals surface area contributed by atoms with Gasteiger partial charge in [0.15, 0.2) is 12.4 Å². The van der Waals surface area contributed by atoms with Crippen molar-refractivity contribution >= 4 is 27.4 Å². The first-order valence-corrected chi connectivity index (χ1v) is 10.8. The molecule has 0 aliphatic heterocycles. The molecule has 0 atom stereocenters. The van der Waals surface area contributed by atoms with E-state index in [0.717, 1.165) is 11.6 Å². The number of nitrogens with zero attached hydrogens (tertiary/aromatic N) is 3. The maximum Gasteiger partial charge on any atom is 0.321 e. The van der Waals surface area contributed by atoms with Crippen molar-refractivity contribution in [2.75, 3.05) is 25.5 Å². The van der Waals surface area contributed by atoms with Gasteiger partial charge < -0.3 is 14.1 Å². The van der Waals surface area contributed by atoms with Gasteiger partial charge in [-0.1, -0.05) is 30.3 Å². The number of esters is 1. The van der Waals surface area contributed by atoms with E-state index in [1.807, 2.05) is 30.3 Å². The number of aromatic nitrogens is 1. The molecule has 0 bridgehead atoms. The minimum Gasteiger partial charge on any atom is -0.455 e. The molecule has 3 rings (SSSR count). The van der Waals surface area contributed by atoms with Crippen molar-refractivity contribution < 1.29 is 27.3 Å². The van der Waals surface area contributed by atoms with Gasteiger partial charge in [0.2, 0.25) is 15.9 Å². The fraction of sp³-hybridized carbons (Fsp3) is 0.200. The first-order chi connectivity index (χ1) is 15.2. The number of ether oxygens (including phenoxy) is 1. The minimum atomic E-state index is -4.18. The average molecular weight is 460 g/mol. The number of hydrogen-bond donors (Lipinski definition) is 1. The molecule has 12 heteroatoms. The lowest BCUT2D eigenvalue weighted by Crippen LogP contribution is -2.30. The van der Waals surface area contributed by atoms with E-state index >= 15 is 0 Å². The number of nitro groups is 1. The lowest BCUT2D eigenvalue weighted by atomic mass is 10.2. The van der Waals surface area contributed by atoms with Crippen LogP contribution in [0.4, 0.5) is 11.4 Å². The highest BCUT2D eigenvalue weighted by molar-refractivity contribution is 7.89. The monoisotopic (exact) mass is 460 g/mol. The zero-order valence-electron chi connectivity index (χ0n) is 17.2. The van der Waals surface area contributed by atoms with Crippen LogP contribution in [0.2, 0.25) is 0 Å². The zero-order valence-corrected chi connectivity index (χ0v) is 18.0. The van der Waals surface area contributed by atoms with Crippen molar-refractivity contribution in [3.8, 4) is 11.3 Å². The second-order valence-corrected chi connectivity index (χ2v) is 8.54. The van der Waals surface area contributed by atoms with Crippen LogP contribution in [0.5, 0.6) is 0 Å². The summed E-state index contributed by atoms with van der Waals surface area (Å²) in [7, 11) is -0.984. The first kappa shape index (κ1) is 22.9. The smallest absolute Gasteiger partial charge is 0.321 e. The van der Waals surface area contributed by atoms with Crippen molar-refractivity contribution in [1.82, 2.24) is 9.71 Å². The van der Waals surface area contributed by atoms with Crippen LogP contribution in [0.3, 0.4) is 0 Å². The van der Waals surface area contributed by atoms with E-state index in [9.17, 15) is 23.3 Å². The van der Waals surface area contributed by atoms with Crippen LogP contribution in [-0.4, -0.2) is 44.9 Å². The van der Waals surface area contributed by atoms with E-state index in [0.29, 0.717) is 5.76 Å². The highest BCUT2D eigenvalue weighted by Crippen LogP contribution is 2.29. The molecule has 0 saturated heterocycles. The third-order valence-corrected chi connectivity index (χ3v) is 5.71. The molecular formula is C20H20N4O7S. The summed E-state index contributed by atoms with van der Waals surface area (Å²) in [4.78, 5) is 27.7. The van der Waals surface area contributed by atoms with Gasteiger partial charge in [0.1, 0.15) is 12.2 Å². The number of oxazole rings is 1. The molecule has 0 radical (unpaired) electrons. The van der Waals surface area contributed by atoms with E-state index in [1.54, 1.807) is 14.1 Å². The summed E-state index contributed by atoms with van der Waals surface area (Å²) in [6, 6.07) is 12.7. The molecule has 3 aromatic rings. The standard InChI is InChI=1S/C20H20N4O7S/c1-23(2)16-9-8-15(10-17(16)24(26)27)32(28,29)22-12-20(25)30-13-19-21-11-18(31-19)14-6-4-3-5-7-14/h3-11,22H,12-13H2,1-2H3. The number of hydrogen-bond acceptors (Lipinski definition) is 9. The Morgan fingerprint density at radius 3 is 2.59 bits per heavy atom. The Bertz CT molecular complexity index is 1220. The zero-order chi connectivity index (χ0) is 23.3. The number of anilines is 1. The lowest BCUT2D eigenvalue weighted by molar-refractivity contribution is -0.384. The highest BCUT2D eigenvalue weighted by atomic mass is 32.2. The predicted molar refractivity (Wildman–Crippen MR) is 114 cm³/mol. The Hall–Kier alpha value is -3.77. The van der Waals surface area contributed by atoms with Gasteiger partial charge in [-0.25, -0.2) is 13.4 Å². The molecule has 0 aliphatic rings. The van der Waals surface area contributed by atoms with Crippen LogP contribution in [0, 0.1) is 10.1 Å². The highest BCUT2D eigenvalue weighted by Gasteiger charge is 2.23. The second-order valence-electron chi connectivity index (χ2n) is 6.77. The van der Waals surface area contributed by atoms with Gasteiger partial charge in [-0.05, 0) is 12.1 Å². The Kier molecular flexibility index (Phi) is 6.85. The van der Waals surface area contributed by atoms with Crippen LogP contribution >= 0.6 is 0 Å². The van der Waals surface area contributed by atoms with Crippen molar-refractivity contribution in [2.45, 2.75) is 11.5 Å². The molecule has 1 aromatic heterocycles. The minimum absolute atomic E-state index is 0.148. The summed E-state index contributed by atoms with van der Waals surface area (Å²) in [5.41, 5.74) is 0.674. The number of carbonyl (C=O) groups is 1. The van der Waals surface area contributed by atoms with Crippen molar-refractivity contribution in [2.24, 2.45) is 0 Å². The van der Waals surface area contributed by atoms with E-state index in [-0.39, 0.29) is 28.8 Å². The molecule has 0 spiro atoms. The Balaban J connectivity index is 1.59. The second kappa shape index (κ2) is 9.58. The van der Waals surface area contributed by atoms with Crippen molar-refractivity contribution in [1.29, 1.82) is 0 Å². The third-order valence-electron chi connectivity index (χ3n) is 4.31. The average Bonchev–Trinajstić information content (AvgIpc) is 3.25. The lowest BCUT2D eigenvalue weighted by Gasteiger charge is -2.13. The van der Waals surface area contributed by atoms with Gasteiger partial charge in [-0.3, -0.25) is 14.9 Å². The molecule has 0 unspecified atom stereocenters. The van der Waals surface area contributed by atoms with Gasteiger partial charge >= 0.3 is 5.97 Å². The van der Waals surface area contributed by atoms with Gasteiger partial charge in [-0.2, -0.15) is 4.72 Å². The van der Waals surface area contributed by atoms with E-state index in [1.165, 1.54) is 23.2 Å². The quantitative estimate of drug-likeness (QED) is 0.289. The molecule has 0 fully saturated rings. The van der Waals surface area contributed by atoms with Crippen LogP contribution in [-0.2, 0) is 26.2 Å². The number of benzene rings is 2. The predicted octanol–water partition coefficient (Wildman–Crippen LogP) is 2.34. The number of rotatable bonds is 9. The van der Waals surface area contributed by atoms with Crippen LogP contribution in [0.15, 0.2) is 64.0 Å². The number of nitro benzene ring substituents is 1. The number of carbonyl (C=O) groups excluding carboxylic acids is 1. The Morgan fingerprint density at radius 1 is 1.22 bits per heavy atom. The summed E-state index contributed by atoms with van der Waals surface area (Å²) in [5, 5.41) is 11.3. The van der Waals surface area contributed by atoms with Gasteiger partial charge in [-0.15, -0.1) is 0 Å². The molecule has 2 aromatic carbocycles. The summed E-state index contributed by atoms with van der Waals surface area (Å²) in [6.07, 6.45) is 1.49. The normalized spacial score (nSPS) is 11.2. The maximum atomic E-state index is 12.4. The van der Waals surface area contributed by atoms with Crippen molar-refractivity contribution in [3.63, 3.8) is 0 Å². The molecule has 0 saturated carbocycles. The fourth-order valence-corrected chi connectivity index (χ4v) is 3.73. The van der Waals surface area contributed by atoms with Crippen LogP contribution in [0.25, 0.3) is 11.3 Å². The molecular weight excluding hydrogens is 440 g/mol. The van der Waals surface area contributed by atoms with Gasteiger partial charge in [0.25, 0.3) is 5.69 Å². The summed E-state index contributed by atoms with van der Waals surface area (Å²) in [5.74, 6) is -0.220. The van der Waals surface area contributed by atoms with Crippen molar-refractivity contribution in [3.05, 3.63) is 70.7 Å². The number of nitrogens with one attached hydrogen (secondary N) is 1. The van der Waals surface area contributed by atoms with Crippen LogP contribution < -0.4 is 9.62 Å². The van der Waals surface area contributed by atoms with Crippen LogP contribution in [0.1, 0.15) is 5.89 Å². The molecule has 11 nitrogen and oxygen atoms in total. The Morgan fingerprint density at radius 2 is 1.94 bits per heavy atom. The van der Waals surface area contributed by atoms with E-state index < -0.39 is 27.5 Å². The largest absolute Gasteiger partial charge is 0.455 e. The Labute approximate surface area is 183 Å². The topological polar surface area (TPSA) is 145 Å². The first-order valence-electron chi connectivity index (χ1n) is 9.28. The van der Waals surface area contributed by atoms with E-state index in [4.69, 9.17) is 9.15 Å². The van der Waals surface area contributed by atoms with Gasteiger partial charge in [0.05, 0.1) is 16.0 Å². The molecule has 0 aliphatic carbocycles. The fourth-order valence-electron chi connectivity index (χ4n) is 2.74. The summed E-state index contributed by atoms with van der Waals surface area (Å²) < 4.78 is 37.4. The molecule has 1 heterocycles. The maximum absolute atomic E-state index is 12.4. The third kappa shape index (κ3) is 5.47. The molecule has 168 valence electrons.